The highest BCUT2D eigenvalue weighted by molar-refractivity contribution is 5.18. The monoisotopic (exact) mass is 515 g/mol. The molecular weight excluding hydrogens is 461 g/mol. The number of hydrogen-bond acceptors (Lipinski definition) is 3. The van der Waals surface area contributed by atoms with Crippen molar-refractivity contribution in [3.8, 4) is 0 Å². The predicted molar refractivity (Wildman–Crippen MR) is 149 cm³/mol. The number of nitrogens with zero attached hydrogens (tertiary/aromatic N) is 1. The number of alkyl halides is 1. The topological polar surface area (TPSA) is 60.9 Å². The zero-order valence-electron chi connectivity index (χ0n) is 24.2. The van der Waals surface area contributed by atoms with Gasteiger partial charge >= 0.3 is 0 Å². The highest BCUT2D eigenvalue weighted by atomic mass is 19.1. The van der Waals surface area contributed by atoms with Crippen molar-refractivity contribution < 1.29 is 9.50 Å². The fraction of sp³-hybridized carbons (Fsp3) is 0.906. The summed E-state index contributed by atoms with van der Waals surface area (Å²) in [5.41, 5.74) is 0.263. The van der Waals surface area contributed by atoms with Crippen LogP contribution in [-0.2, 0) is 6.42 Å². The van der Waals surface area contributed by atoms with Crippen molar-refractivity contribution in [3.63, 3.8) is 0 Å². The van der Waals surface area contributed by atoms with Gasteiger partial charge in [-0.15, -0.1) is 0 Å². The lowest BCUT2D eigenvalue weighted by Crippen LogP contribution is -2.71. The fourth-order valence-electron chi connectivity index (χ4n) is 10.4. The van der Waals surface area contributed by atoms with Crippen LogP contribution in [-0.4, -0.2) is 33.0 Å². The van der Waals surface area contributed by atoms with Crippen LogP contribution >= 0.6 is 0 Å². The second-order valence-electron chi connectivity index (χ2n) is 14.7. The minimum Gasteiger partial charge on any atom is -0.388 e. The molecule has 0 spiro atoms. The van der Waals surface area contributed by atoms with Crippen LogP contribution in [0.3, 0.4) is 0 Å². The van der Waals surface area contributed by atoms with Crippen molar-refractivity contribution in [1.82, 2.24) is 15.3 Å². The summed E-state index contributed by atoms with van der Waals surface area (Å²) < 4.78 is 15.4. The van der Waals surface area contributed by atoms with Crippen molar-refractivity contribution in [2.24, 2.45) is 46.3 Å². The molecule has 0 aromatic carbocycles. The average molecular weight is 516 g/mol. The molecule has 10 atom stereocenters. The van der Waals surface area contributed by atoms with Gasteiger partial charge in [-0.25, -0.2) is 9.37 Å². The molecule has 1 heterocycles. The van der Waals surface area contributed by atoms with E-state index < -0.39 is 11.9 Å². The first-order valence-corrected chi connectivity index (χ1v) is 15.7. The predicted octanol–water partition coefficient (Wildman–Crippen LogP) is 7.44. The zero-order valence-corrected chi connectivity index (χ0v) is 24.2. The minimum absolute atomic E-state index is 0.123. The van der Waals surface area contributed by atoms with Crippen molar-refractivity contribution >= 4 is 0 Å². The number of rotatable bonds is 9. The van der Waals surface area contributed by atoms with Gasteiger partial charge in [0.1, 0.15) is 0 Å². The Bertz CT molecular complexity index is 891. The molecule has 4 nitrogen and oxygen atoms in total. The Morgan fingerprint density at radius 3 is 2.59 bits per heavy atom. The van der Waals surface area contributed by atoms with Gasteiger partial charge in [-0.3, -0.25) is 5.32 Å². The van der Waals surface area contributed by atoms with Gasteiger partial charge in [-0.2, -0.15) is 0 Å². The first-order chi connectivity index (χ1) is 17.6. The maximum absolute atomic E-state index is 15.4. The third-order valence-electron chi connectivity index (χ3n) is 12.4. The van der Waals surface area contributed by atoms with E-state index >= 15 is 4.39 Å². The summed E-state index contributed by atoms with van der Waals surface area (Å²) in [5.74, 6) is 4.26. The quantitative estimate of drug-likeness (QED) is 0.299. The van der Waals surface area contributed by atoms with E-state index in [0.29, 0.717) is 23.2 Å². The molecule has 0 aliphatic heterocycles. The van der Waals surface area contributed by atoms with Crippen LogP contribution in [0.4, 0.5) is 4.39 Å². The Hall–Kier alpha value is -0.940. The molecule has 1 aromatic rings. The molecule has 4 aliphatic carbocycles. The summed E-state index contributed by atoms with van der Waals surface area (Å²) in [6, 6.07) is -0.179. The van der Waals surface area contributed by atoms with Gasteiger partial charge in [-0.1, -0.05) is 66.7 Å². The first-order valence-electron chi connectivity index (χ1n) is 15.7. The molecule has 5 heteroatoms. The highest BCUT2D eigenvalue weighted by Gasteiger charge is 2.66. The second-order valence-corrected chi connectivity index (χ2v) is 14.7. The van der Waals surface area contributed by atoms with Crippen LogP contribution in [0.5, 0.6) is 0 Å². The second kappa shape index (κ2) is 10.6. The van der Waals surface area contributed by atoms with Gasteiger partial charge < -0.3 is 10.1 Å². The molecule has 0 saturated heterocycles. The lowest BCUT2D eigenvalue weighted by Gasteiger charge is -2.66. The summed E-state index contributed by atoms with van der Waals surface area (Å²) in [7, 11) is 0. The van der Waals surface area contributed by atoms with E-state index in [9.17, 15) is 5.11 Å². The number of H-pyrrole nitrogens is 1. The van der Waals surface area contributed by atoms with Crippen molar-refractivity contribution in [3.05, 3.63) is 18.2 Å². The zero-order chi connectivity index (χ0) is 26.4. The number of aliphatic hydroxyl groups is 1. The molecule has 3 N–H and O–H groups in total. The lowest BCUT2D eigenvalue weighted by atomic mass is 9.42. The summed E-state index contributed by atoms with van der Waals surface area (Å²) in [6.07, 6.45) is 16.8. The number of aromatic amines is 1. The van der Waals surface area contributed by atoms with E-state index in [1.807, 2.05) is 0 Å². The number of imidazole rings is 1. The molecule has 37 heavy (non-hydrogen) atoms. The van der Waals surface area contributed by atoms with E-state index in [2.05, 4.69) is 49.9 Å². The molecule has 5 rings (SSSR count). The smallest absolute Gasteiger partial charge is 0.157 e. The van der Waals surface area contributed by atoms with E-state index in [-0.39, 0.29) is 17.9 Å². The molecule has 4 saturated carbocycles. The molecule has 210 valence electrons. The Morgan fingerprint density at radius 1 is 1.08 bits per heavy atom. The van der Waals surface area contributed by atoms with Gasteiger partial charge in [0.2, 0.25) is 0 Å². The van der Waals surface area contributed by atoms with Crippen molar-refractivity contribution in [2.45, 2.75) is 136 Å². The number of aromatic nitrogens is 2. The number of halogens is 1. The Morgan fingerprint density at radius 2 is 1.86 bits per heavy atom. The van der Waals surface area contributed by atoms with Crippen LogP contribution < -0.4 is 5.32 Å². The average Bonchev–Trinajstić information content (AvgIpc) is 3.47. The Kier molecular flexibility index (Phi) is 7.88. The van der Waals surface area contributed by atoms with Gasteiger partial charge in [0.05, 0.1) is 11.9 Å². The Labute approximate surface area is 225 Å². The first kappa shape index (κ1) is 27.6. The van der Waals surface area contributed by atoms with Crippen LogP contribution in [0, 0.1) is 46.3 Å². The molecule has 0 radical (unpaired) electrons. The van der Waals surface area contributed by atoms with Gasteiger partial charge in [0.25, 0.3) is 0 Å². The number of nitrogens with one attached hydrogen (secondary N) is 2. The normalized spacial score (nSPS) is 43.2. The summed E-state index contributed by atoms with van der Waals surface area (Å²) in [6.45, 7) is 12.2. The van der Waals surface area contributed by atoms with E-state index in [1.54, 1.807) is 12.5 Å². The van der Waals surface area contributed by atoms with E-state index in [4.69, 9.17) is 0 Å². The molecule has 0 bridgehead atoms. The third-order valence-corrected chi connectivity index (χ3v) is 12.4. The maximum Gasteiger partial charge on any atom is 0.157 e. The molecule has 4 aliphatic rings. The largest absolute Gasteiger partial charge is 0.388 e. The molecule has 1 aromatic heterocycles. The third kappa shape index (κ3) is 4.83. The molecular formula is C32H54FN3O. The van der Waals surface area contributed by atoms with Crippen LogP contribution in [0.2, 0.25) is 0 Å². The van der Waals surface area contributed by atoms with Gasteiger partial charge in [0.15, 0.2) is 6.30 Å². The van der Waals surface area contributed by atoms with Crippen molar-refractivity contribution in [2.75, 3.05) is 0 Å². The van der Waals surface area contributed by atoms with Crippen LogP contribution in [0.15, 0.2) is 12.5 Å². The molecule has 0 amide bonds. The van der Waals surface area contributed by atoms with Gasteiger partial charge in [-0.05, 0) is 85.9 Å². The highest BCUT2D eigenvalue weighted by Crippen LogP contribution is 2.69. The maximum atomic E-state index is 15.4. The Balaban J connectivity index is 1.36. The lowest BCUT2D eigenvalue weighted by molar-refractivity contribution is -0.222. The van der Waals surface area contributed by atoms with Crippen LogP contribution in [0.1, 0.15) is 117 Å². The fourth-order valence-corrected chi connectivity index (χ4v) is 10.4. The summed E-state index contributed by atoms with van der Waals surface area (Å²) in [4.78, 5) is 7.10. The molecule has 4 fully saturated rings. The van der Waals surface area contributed by atoms with Crippen molar-refractivity contribution in [1.29, 1.82) is 0 Å². The number of fused-ring (bicyclic) bond motifs is 5. The summed E-state index contributed by atoms with van der Waals surface area (Å²) in [5, 5.41) is 15.7. The summed E-state index contributed by atoms with van der Waals surface area (Å²) >= 11 is 0. The minimum atomic E-state index is -1.18. The SMILES string of the molecule is CC(C)CCCC(C)[C@H]1CC[C@H]2[C@@H]3C[C@@H](NC(F)Cc4cnc[nH]4)[C@@]4(O)CCCC[C@]4(C)[C@H]3CC[C@]12C. The standard InChI is InChI=1S/C32H54FN3O/c1-21(2)9-8-10-22(3)25-11-12-26-24-18-28(36-29(33)17-23-19-34-20-35-23)32(37)15-7-6-14-31(32,5)27(24)13-16-30(25,26)4/h19-22,24-29,36-37H,6-18H2,1-5H3,(H,34,35)/t22?,24-,25+,26-,27-,28+,29?,30+,31+,32-/m0/s1. The van der Waals surface area contributed by atoms with E-state index in [0.717, 1.165) is 49.1 Å². The van der Waals surface area contributed by atoms with Crippen LogP contribution in [0.25, 0.3) is 0 Å². The number of hydrogen-bond donors (Lipinski definition) is 3. The van der Waals surface area contributed by atoms with Gasteiger partial charge in [0, 0.05) is 29.8 Å². The molecule has 2 unspecified atom stereocenters. The van der Waals surface area contributed by atoms with E-state index in [1.165, 1.54) is 51.4 Å².